The Bertz CT molecular complexity index is 932. The minimum absolute atomic E-state index is 0.0715. The molecule has 5 fully saturated rings. The number of hydrogen-bond acceptors (Lipinski definition) is 6. The minimum Gasteiger partial charge on any atom is -0.378 e. The molecule has 0 N–H and O–H groups in total. The average Bonchev–Trinajstić information content (AvgIpc) is 3.63. The smallest absolute Gasteiger partial charge is 0.219 e. The highest BCUT2D eigenvalue weighted by Gasteiger charge is 2.62. The zero-order chi connectivity index (χ0) is 26.9. The highest BCUT2D eigenvalue weighted by molar-refractivity contribution is 5.73. The molecule has 214 valence electrons. The van der Waals surface area contributed by atoms with Gasteiger partial charge in [-0.15, -0.1) is 0 Å². The first kappa shape index (κ1) is 27.2. The molecule has 1 atom stereocenters. The van der Waals surface area contributed by atoms with E-state index in [0.29, 0.717) is 11.5 Å². The third-order valence-corrected chi connectivity index (χ3v) is 11.8. The van der Waals surface area contributed by atoms with Crippen LogP contribution in [0.2, 0.25) is 0 Å². The Morgan fingerprint density at radius 2 is 1.55 bits per heavy atom. The topological polar surface area (TPSA) is 42.5 Å². The molecule has 6 rings (SSSR count). The average molecular weight is 528 g/mol. The van der Waals surface area contributed by atoms with E-state index < -0.39 is 0 Å². The summed E-state index contributed by atoms with van der Waals surface area (Å²) >= 11 is 0. The van der Waals surface area contributed by atoms with E-state index >= 15 is 0 Å². The number of carbonyl (C=O) groups is 1. The van der Waals surface area contributed by atoms with Crippen LogP contribution in [0.15, 0.2) is 11.6 Å². The van der Waals surface area contributed by atoms with Gasteiger partial charge in [0.05, 0.1) is 19.3 Å². The summed E-state index contributed by atoms with van der Waals surface area (Å²) in [7, 11) is 0. The predicted octanol–water partition coefficient (Wildman–Crippen LogP) is 2.92. The Morgan fingerprint density at radius 3 is 2.05 bits per heavy atom. The van der Waals surface area contributed by atoms with Crippen molar-refractivity contribution in [1.82, 2.24) is 24.5 Å². The molecule has 1 amide bonds. The summed E-state index contributed by atoms with van der Waals surface area (Å²) < 4.78 is 5.47. The lowest BCUT2D eigenvalue weighted by atomic mass is 9.61. The number of likely N-dealkylation sites (tertiary alicyclic amines) is 2. The number of piperazine rings is 1. The third kappa shape index (κ3) is 4.68. The van der Waals surface area contributed by atoms with Crippen LogP contribution in [0.25, 0.3) is 0 Å². The van der Waals surface area contributed by atoms with Crippen LogP contribution in [-0.2, 0) is 9.53 Å². The van der Waals surface area contributed by atoms with Crippen molar-refractivity contribution >= 4 is 5.91 Å². The van der Waals surface area contributed by atoms with E-state index in [2.05, 4.69) is 60.3 Å². The maximum atomic E-state index is 11.9. The van der Waals surface area contributed by atoms with Crippen molar-refractivity contribution < 1.29 is 9.53 Å². The van der Waals surface area contributed by atoms with Crippen LogP contribution >= 0.6 is 0 Å². The van der Waals surface area contributed by atoms with Gasteiger partial charge in [0.25, 0.3) is 0 Å². The first-order valence-corrected chi connectivity index (χ1v) is 15.4. The van der Waals surface area contributed by atoms with Crippen LogP contribution in [0.1, 0.15) is 67.2 Å². The van der Waals surface area contributed by atoms with Crippen LogP contribution in [0.5, 0.6) is 0 Å². The van der Waals surface area contributed by atoms with Crippen molar-refractivity contribution in [2.75, 3.05) is 78.7 Å². The van der Waals surface area contributed by atoms with E-state index in [4.69, 9.17) is 4.74 Å². The Hall–Kier alpha value is -0.990. The van der Waals surface area contributed by atoms with Crippen molar-refractivity contribution in [3.05, 3.63) is 11.6 Å². The molecular formula is C31H53N5O2. The fraction of sp³-hybridized carbons (Fsp3) is 0.903. The van der Waals surface area contributed by atoms with Crippen molar-refractivity contribution in [3.8, 4) is 0 Å². The number of ether oxygens (including phenoxy) is 1. The Morgan fingerprint density at radius 1 is 0.895 bits per heavy atom. The molecule has 7 heteroatoms. The summed E-state index contributed by atoms with van der Waals surface area (Å²) in [6.07, 6.45) is 7.34. The van der Waals surface area contributed by atoms with Gasteiger partial charge in [-0.1, -0.05) is 25.5 Å². The summed E-state index contributed by atoms with van der Waals surface area (Å²) in [4.78, 5) is 25.0. The number of hydrogen-bond donors (Lipinski definition) is 0. The van der Waals surface area contributed by atoms with Crippen LogP contribution in [-0.4, -0.2) is 132 Å². The SMILES string of the molecule is CC(=O)N1CC=C(C(C)(C)CC(C)(N2CC3(CN(C4COC4)C3)C2)C(C)(C)N2CCN(C3CC3)CC2)CC1. The molecule has 1 saturated carbocycles. The molecular weight excluding hydrogens is 474 g/mol. The second-order valence-corrected chi connectivity index (χ2v) is 15.0. The minimum atomic E-state index is 0.0715. The Labute approximate surface area is 231 Å². The number of carbonyl (C=O) groups excluding carboxylic acids is 1. The Balaban J connectivity index is 1.19. The van der Waals surface area contributed by atoms with Crippen molar-refractivity contribution in [2.45, 2.75) is 90.4 Å². The van der Waals surface area contributed by atoms with Gasteiger partial charge in [0.2, 0.25) is 5.91 Å². The number of rotatable bonds is 8. The normalized spacial score (nSPS) is 29.8. The summed E-state index contributed by atoms with van der Waals surface area (Å²) in [5, 5.41) is 0. The van der Waals surface area contributed by atoms with Crippen molar-refractivity contribution in [1.29, 1.82) is 0 Å². The molecule has 0 aromatic heterocycles. The predicted molar refractivity (Wildman–Crippen MR) is 152 cm³/mol. The molecule has 1 unspecified atom stereocenters. The van der Waals surface area contributed by atoms with Gasteiger partial charge in [0.15, 0.2) is 0 Å². The lowest BCUT2D eigenvalue weighted by Gasteiger charge is -2.70. The van der Waals surface area contributed by atoms with Crippen LogP contribution in [0.4, 0.5) is 0 Å². The number of amides is 1. The van der Waals surface area contributed by atoms with Gasteiger partial charge in [0, 0.05) is 94.9 Å². The van der Waals surface area contributed by atoms with E-state index in [1.807, 2.05) is 4.90 Å². The second-order valence-electron chi connectivity index (χ2n) is 15.0. The van der Waals surface area contributed by atoms with Gasteiger partial charge in [-0.05, 0) is 51.9 Å². The fourth-order valence-corrected chi connectivity index (χ4v) is 8.51. The van der Waals surface area contributed by atoms with Crippen LogP contribution in [0.3, 0.4) is 0 Å². The zero-order valence-corrected chi connectivity index (χ0v) is 25.1. The van der Waals surface area contributed by atoms with Gasteiger partial charge in [-0.25, -0.2) is 0 Å². The summed E-state index contributed by atoms with van der Waals surface area (Å²) in [5.41, 5.74) is 2.29. The molecule has 1 aliphatic carbocycles. The standard InChI is InChI=1S/C31H53N5O2/c1-24(37)32-11-9-25(10-12-32)28(2,3)19-30(6,29(4,5)35-15-13-33(14-16-35)26-7-8-26)36-22-31(23-36)20-34(21-31)27-17-38-18-27/h9,26-27H,7-8,10-23H2,1-6H3. The maximum Gasteiger partial charge on any atom is 0.219 e. The first-order chi connectivity index (χ1) is 17.9. The fourth-order valence-electron chi connectivity index (χ4n) is 8.51. The monoisotopic (exact) mass is 527 g/mol. The Kier molecular flexibility index (Phi) is 6.83. The quantitative estimate of drug-likeness (QED) is 0.453. The zero-order valence-electron chi connectivity index (χ0n) is 25.1. The molecule has 5 heterocycles. The highest BCUT2D eigenvalue weighted by Crippen LogP contribution is 2.52. The van der Waals surface area contributed by atoms with Gasteiger partial charge in [0.1, 0.15) is 0 Å². The molecule has 0 radical (unpaired) electrons. The van der Waals surface area contributed by atoms with E-state index in [-0.39, 0.29) is 22.4 Å². The van der Waals surface area contributed by atoms with E-state index in [9.17, 15) is 4.79 Å². The molecule has 6 aliphatic rings. The summed E-state index contributed by atoms with van der Waals surface area (Å²) in [5.74, 6) is 0.198. The van der Waals surface area contributed by atoms with Crippen molar-refractivity contribution in [2.24, 2.45) is 10.8 Å². The molecule has 0 bridgehead atoms. The van der Waals surface area contributed by atoms with Gasteiger partial charge in [-0.3, -0.25) is 24.4 Å². The molecule has 7 nitrogen and oxygen atoms in total. The third-order valence-electron chi connectivity index (χ3n) is 11.8. The lowest BCUT2D eigenvalue weighted by molar-refractivity contribution is -0.215. The molecule has 1 spiro atoms. The van der Waals surface area contributed by atoms with Crippen LogP contribution in [0, 0.1) is 10.8 Å². The van der Waals surface area contributed by atoms with Crippen molar-refractivity contribution in [3.63, 3.8) is 0 Å². The molecule has 0 aromatic rings. The largest absolute Gasteiger partial charge is 0.378 e. The molecule has 0 aromatic carbocycles. The van der Waals surface area contributed by atoms with Gasteiger partial charge < -0.3 is 9.64 Å². The van der Waals surface area contributed by atoms with Gasteiger partial charge >= 0.3 is 0 Å². The summed E-state index contributed by atoms with van der Waals surface area (Å²) in [6, 6.07) is 1.54. The summed E-state index contributed by atoms with van der Waals surface area (Å²) in [6.45, 7) is 27.6. The van der Waals surface area contributed by atoms with E-state index in [1.165, 1.54) is 65.2 Å². The van der Waals surface area contributed by atoms with Crippen LogP contribution < -0.4 is 0 Å². The second kappa shape index (κ2) is 9.54. The number of nitrogens with zero attached hydrogens (tertiary/aromatic N) is 5. The highest BCUT2D eigenvalue weighted by atomic mass is 16.5. The van der Waals surface area contributed by atoms with E-state index in [1.54, 1.807) is 12.5 Å². The molecule has 4 saturated heterocycles. The molecule has 5 aliphatic heterocycles. The first-order valence-electron chi connectivity index (χ1n) is 15.4. The lowest BCUT2D eigenvalue weighted by Crippen LogP contribution is -2.81. The molecule has 38 heavy (non-hydrogen) atoms. The van der Waals surface area contributed by atoms with E-state index in [0.717, 1.165) is 45.2 Å². The maximum absolute atomic E-state index is 11.9. The van der Waals surface area contributed by atoms with Gasteiger partial charge in [-0.2, -0.15) is 0 Å².